The molecule has 28 heavy (non-hydrogen) atoms. The lowest BCUT2D eigenvalue weighted by Crippen LogP contribution is -2.48. The molecule has 3 heterocycles. The van der Waals surface area contributed by atoms with E-state index in [0.717, 1.165) is 47.4 Å². The molecule has 0 saturated carbocycles. The van der Waals surface area contributed by atoms with Gasteiger partial charge in [0.1, 0.15) is 11.5 Å². The van der Waals surface area contributed by atoms with Crippen molar-refractivity contribution >= 4 is 27.8 Å². The lowest BCUT2D eigenvalue weighted by atomic mass is 10.2. The second-order valence-electron chi connectivity index (χ2n) is 7.16. The number of aromatic nitrogens is 3. The van der Waals surface area contributed by atoms with Crippen LogP contribution in [0, 0.1) is 0 Å². The van der Waals surface area contributed by atoms with E-state index >= 15 is 0 Å². The van der Waals surface area contributed by atoms with Gasteiger partial charge in [0.25, 0.3) is 5.91 Å². The molecule has 6 heteroatoms. The number of carbonyl (C=O) groups is 1. The van der Waals surface area contributed by atoms with Gasteiger partial charge in [-0.05, 0) is 24.3 Å². The second kappa shape index (κ2) is 7.05. The third-order valence-corrected chi connectivity index (χ3v) is 5.29. The Morgan fingerprint density at radius 1 is 0.857 bits per heavy atom. The molecule has 1 fully saturated rings. The van der Waals surface area contributed by atoms with Crippen molar-refractivity contribution in [3.63, 3.8) is 0 Å². The first-order valence-electron chi connectivity index (χ1n) is 9.57. The number of carbonyl (C=O) groups excluding carboxylic acids is 1. The minimum atomic E-state index is 0.00846. The molecule has 1 aliphatic rings. The fraction of sp³-hybridized carbons (Fsp3) is 0.227. The number of pyridine rings is 1. The van der Waals surface area contributed by atoms with Gasteiger partial charge in [0.2, 0.25) is 0 Å². The number of fused-ring (bicyclic) bond motifs is 2. The molecule has 1 saturated heterocycles. The van der Waals surface area contributed by atoms with Crippen LogP contribution in [0.1, 0.15) is 16.3 Å². The van der Waals surface area contributed by atoms with Crippen LogP contribution in [0.4, 0.5) is 0 Å². The monoisotopic (exact) mass is 371 g/mol. The van der Waals surface area contributed by atoms with Crippen LogP contribution in [-0.4, -0.2) is 56.8 Å². The summed E-state index contributed by atoms with van der Waals surface area (Å²) in [6, 6.07) is 19.7. The van der Waals surface area contributed by atoms with Gasteiger partial charge in [0.05, 0.1) is 23.1 Å². The highest BCUT2D eigenvalue weighted by Gasteiger charge is 2.23. The van der Waals surface area contributed by atoms with Gasteiger partial charge in [0, 0.05) is 31.6 Å². The fourth-order valence-electron chi connectivity index (χ4n) is 3.75. The molecule has 0 radical (unpaired) electrons. The fourth-order valence-corrected chi connectivity index (χ4v) is 3.75. The number of nitrogens with one attached hydrogen (secondary N) is 1. The Morgan fingerprint density at radius 2 is 1.61 bits per heavy atom. The zero-order chi connectivity index (χ0) is 18.9. The molecular weight excluding hydrogens is 350 g/mol. The number of benzene rings is 2. The molecule has 140 valence electrons. The minimum absolute atomic E-state index is 0.00846. The Bertz CT molecular complexity index is 1110. The molecule has 1 amide bonds. The summed E-state index contributed by atoms with van der Waals surface area (Å²) in [5.41, 5.74) is 3.43. The molecule has 5 rings (SSSR count). The number of hydrogen-bond donors (Lipinski definition) is 1. The number of piperazine rings is 1. The average molecular weight is 371 g/mol. The Labute approximate surface area is 162 Å². The van der Waals surface area contributed by atoms with Crippen LogP contribution in [0.15, 0.2) is 60.7 Å². The highest BCUT2D eigenvalue weighted by atomic mass is 16.2. The SMILES string of the molecule is O=C(c1ccc2ccccc2n1)N1CCN(Cc2nc3ccccc3[nH]2)CC1. The number of para-hydroxylation sites is 3. The molecule has 2 aromatic heterocycles. The van der Waals surface area contributed by atoms with Crippen molar-refractivity contribution in [1.82, 2.24) is 24.8 Å². The Balaban J connectivity index is 1.24. The molecular formula is C22H21N5O. The van der Waals surface area contributed by atoms with E-state index in [9.17, 15) is 4.79 Å². The third-order valence-electron chi connectivity index (χ3n) is 5.29. The van der Waals surface area contributed by atoms with Crippen LogP contribution in [0.25, 0.3) is 21.9 Å². The number of aromatic amines is 1. The van der Waals surface area contributed by atoms with Gasteiger partial charge in [-0.15, -0.1) is 0 Å². The van der Waals surface area contributed by atoms with Crippen molar-refractivity contribution in [2.75, 3.05) is 26.2 Å². The summed E-state index contributed by atoms with van der Waals surface area (Å²) < 4.78 is 0. The summed E-state index contributed by atoms with van der Waals surface area (Å²) in [6.45, 7) is 3.83. The largest absolute Gasteiger partial charge is 0.341 e. The van der Waals surface area contributed by atoms with E-state index in [1.54, 1.807) is 0 Å². The molecule has 0 aliphatic carbocycles. The summed E-state index contributed by atoms with van der Waals surface area (Å²) >= 11 is 0. The first-order chi connectivity index (χ1) is 13.8. The van der Waals surface area contributed by atoms with E-state index in [-0.39, 0.29) is 5.91 Å². The predicted molar refractivity (Wildman–Crippen MR) is 109 cm³/mol. The molecule has 0 spiro atoms. The van der Waals surface area contributed by atoms with Crippen molar-refractivity contribution in [3.05, 3.63) is 72.2 Å². The number of amides is 1. The maximum atomic E-state index is 12.9. The number of hydrogen-bond acceptors (Lipinski definition) is 4. The number of rotatable bonds is 3. The van der Waals surface area contributed by atoms with E-state index < -0.39 is 0 Å². The number of nitrogens with zero attached hydrogens (tertiary/aromatic N) is 4. The van der Waals surface area contributed by atoms with Crippen molar-refractivity contribution in [1.29, 1.82) is 0 Å². The summed E-state index contributed by atoms with van der Waals surface area (Å²) in [6.07, 6.45) is 0. The zero-order valence-electron chi connectivity index (χ0n) is 15.5. The van der Waals surface area contributed by atoms with Crippen LogP contribution in [0.2, 0.25) is 0 Å². The summed E-state index contributed by atoms with van der Waals surface area (Å²) in [7, 11) is 0. The predicted octanol–water partition coefficient (Wildman–Crippen LogP) is 3.07. The van der Waals surface area contributed by atoms with Crippen molar-refractivity contribution in [3.8, 4) is 0 Å². The Morgan fingerprint density at radius 3 is 2.43 bits per heavy atom. The smallest absolute Gasteiger partial charge is 0.272 e. The molecule has 0 atom stereocenters. The summed E-state index contributed by atoms with van der Waals surface area (Å²) in [5, 5.41) is 1.05. The summed E-state index contributed by atoms with van der Waals surface area (Å²) in [5.74, 6) is 0.978. The Kier molecular flexibility index (Phi) is 4.25. The second-order valence-corrected chi connectivity index (χ2v) is 7.16. The van der Waals surface area contributed by atoms with Crippen molar-refractivity contribution in [2.24, 2.45) is 0 Å². The average Bonchev–Trinajstić information content (AvgIpc) is 3.16. The normalized spacial score (nSPS) is 15.4. The zero-order valence-corrected chi connectivity index (χ0v) is 15.5. The van der Waals surface area contributed by atoms with Gasteiger partial charge in [-0.2, -0.15) is 0 Å². The lowest BCUT2D eigenvalue weighted by Gasteiger charge is -2.34. The van der Waals surface area contributed by atoms with Gasteiger partial charge in [-0.3, -0.25) is 9.69 Å². The quantitative estimate of drug-likeness (QED) is 0.601. The van der Waals surface area contributed by atoms with E-state index in [0.29, 0.717) is 18.8 Å². The molecule has 1 N–H and O–H groups in total. The standard InChI is InChI=1S/C22H21N5O/c28-22(20-10-9-16-5-1-2-6-17(16)23-20)27-13-11-26(12-14-27)15-21-24-18-7-3-4-8-19(18)25-21/h1-10H,11-15H2,(H,24,25). The highest BCUT2D eigenvalue weighted by molar-refractivity contribution is 5.95. The first kappa shape index (κ1) is 16.9. The maximum Gasteiger partial charge on any atom is 0.272 e. The molecule has 4 aromatic rings. The van der Waals surface area contributed by atoms with E-state index in [1.165, 1.54) is 0 Å². The maximum absolute atomic E-state index is 12.9. The van der Waals surface area contributed by atoms with Crippen LogP contribution >= 0.6 is 0 Å². The van der Waals surface area contributed by atoms with Crippen molar-refractivity contribution in [2.45, 2.75) is 6.54 Å². The topological polar surface area (TPSA) is 65.1 Å². The first-order valence-corrected chi connectivity index (χ1v) is 9.57. The number of H-pyrrole nitrogens is 1. The van der Waals surface area contributed by atoms with Gasteiger partial charge in [-0.25, -0.2) is 9.97 Å². The lowest BCUT2D eigenvalue weighted by molar-refractivity contribution is 0.0620. The number of imidazole rings is 1. The van der Waals surface area contributed by atoms with Gasteiger partial charge in [-0.1, -0.05) is 36.4 Å². The van der Waals surface area contributed by atoms with Gasteiger partial charge < -0.3 is 9.88 Å². The molecule has 1 aliphatic heterocycles. The van der Waals surface area contributed by atoms with E-state index in [1.807, 2.05) is 65.6 Å². The van der Waals surface area contributed by atoms with E-state index in [4.69, 9.17) is 0 Å². The molecule has 0 bridgehead atoms. The third kappa shape index (κ3) is 3.23. The molecule has 0 unspecified atom stereocenters. The van der Waals surface area contributed by atoms with Crippen molar-refractivity contribution < 1.29 is 4.79 Å². The van der Waals surface area contributed by atoms with Crippen LogP contribution in [0.5, 0.6) is 0 Å². The Hall–Kier alpha value is -3.25. The summed E-state index contributed by atoms with van der Waals surface area (Å²) in [4.78, 5) is 29.6. The van der Waals surface area contributed by atoms with Crippen LogP contribution in [0.3, 0.4) is 0 Å². The van der Waals surface area contributed by atoms with Gasteiger partial charge in [0.15, 0.2) is 0 Å². The van der Waals surface area contributed by atoms with Crippen LogP contribution in [-0.2, 0) is 6.54 Å². The van der Waals surface area contributed by atoms with Crippen LogP contribution < -0.4 is 0 Å². The minimum Gasteiger partial charge on any atom is -0.341 e. The van der Waals surface area contributed by atoms with Gasteiger partial charge >= 0.3 is 0 Å². The molecule has 6 nitrogen and oxygen atoms in total. The highest BCUT2D eigenvalue weighted by Crippen LogP contribution is 2.16. The van der Waals surface area contributed by atoms with E-state index in [2.05, 4.69) is 19.9 Å². The molecule has 2 aromatic carbocycles.